The summed E-state index contributed by atoms with van der Waals surface area (Å²) in [6, 6.07) is 21.3. The molecule has 5 rings (SSSR count). The molecule has 2 heterocycles. The van der Waals surface area contributed by atoms with Gasteiger partial charge in [-0.3, -0.25) is 0 Å². The molecule has 0 radical (unpaired) electrons. The highest BCUT2D eigenvalue weighted by Gasteiger charge is 2.19. The number of aromatic nitrogens is 1. The average Bonchev–Trinajstić information content (AvgIpc) is 2.83. The maximum atomic E-state index is 6.05. The number of rotatable bonds is 5. The standard InChI is InChI=1S/C28H30N2O/c1-21-14-16-30(17-15-21)28-13-10-24(19-29-28)26-9-5-8-23-18-25(11-12-27(23)26)31-20-22-6-3-2-4-7-22/h2-4,6-7,9-13,18-19,21H,5,8,14-17,20H2,1H3. The molecule has 0 amide bonds. The third kappa shape index (κ3) is 4.51. The fourth-order valence-corrected chi connectivity index (χ4v) is 4.60. The molecule has 1 fully saturated rings. The first-order valence-corrected chi connectivity index (χ1v) is 11.5. The molecule has 2 aliphatic rings. The number of hydrogen-bond acceptors (Lipinski definition) is 3. The Morgan fingerprint density at radius 3 is 2.61 bits per heavy atom. The molecule has 1 saturated heterocycles. The van der Waals surface area contributed by atoms with Gasteiger partial charge < -0.3 is 9.64 Å². The Balaban J connectivity index is 1.31. The van der Waals surface area contributed by atoms with Crippen LogP contribution in [0.2, 0.25) is 0 Å². The van der Waals surface area contributed by atoms with Gasteiger partial charge >= 0.3 is 0 Å². The Bertz CT molecular complexity index is 1050. The van der Waals surface area contributed by atoms with Crippen molar-refractivity contribution in [3.63, 3.8) is 0 Å². The van der Waals surface area contributed by atoms with E-state index in [0.29, 0.717) is 6.61 Å². The number of fused-ring (bicyclic) bond motifs is 1. The highest BCUT2D eigenvalue weighted by molar-refractivity contribution is 5.82. The molecule has 2 aromatic carbocycles. The van der Waals surface area contributed by atoms with Crippen LogP contribution in [-0.2, 0) is 13.0 Å². The number of anilines is 1. The van der Waals surface area contributed by atoms with Gasteiger partial charge in [-0.15, -0.1) is 0 Å². The second-order valence-corrected chi connectivity index (χ2v) is 8.82. The number of benzene rings is 2. The molecule has 0 bridgehead atoms. The van der Waals surface area contributed by atoms with Gasteiger partial charge in [0, 0.05) is 24.8 Å². The lowest BCUT2D eigenvalue weighted by Gasteiger charge is -2.31. The smallest absolute Gasteiger partial charge is 0.128 e. The molecular weight excluding hydrogens is 380 g/mol. The first-order valence-electron chi connectivity index (χ1n) is 11.5. The van der Waals surface area contributed by atoms with Crippen LogP contribution in [0.3, 0.4) is 0 Å². The van der Waals surface area contributed by atoms with Crippen molar-refractivity contribution in [3.05, 3.63) is 95.2 Å². The molecular formula is C28H30N2O. The fraction of sp³-hybridized carbons (Fsp3) is 0.321. The Kier molecular flexibility index (Phi) is 5.75. The summed E-state index contributed by atoms with van der Waals surface area (Å²) in [7, 11) is 0. The monoisotopic (exact) mass is 410 g/mol. The first kappa shape index (κ1) is 19.9. The van der Waals surface area contributed by atoms with Crippen molar-refractivity contribution in [2.75, 3.05) is 18.0 Å². The van der Waals surface area contributed by atoms with Crippen molar-refractivity contribution >= 4 is 11.4 Å². The number of pyridine rings is 1. The summed E-state index contributed by atoms with van der Waals surface area (Å²) in [4.78, 5) is 7.24. The predicted molar refractivity (Wildman–Crippen MR) is 127 cm³/mol. The molecule has 1 aliphatic carbocycles. The third-order valence-corrected chi connectivity index (χ3v) is 6.54. The van der Waals surface area contributed by atoms with Gasteiger partial charge in [0.05, 0.1) is 0 Å². The lowest BCUT2D eigenvalue weighted by molar-refractivity contribution is 0.306. The lowest BCUT2D eigenvalue weighted by atomic mass is 9.87. The fourth-order valence-electron chi connectivity index (χ4n) is 4.60. The van der Waals surface area contributed by atoms with E-state index in [1.165, 1.54) is 40.7 Å². The number of hydrogen-bond donors (Lipinski definition) is 0. The molecule has 0 unspecified atom stereocenters. The van der Waals surface area contributed by atoms with Gasteiger partial charge in [0.15, 0.2) is 0 Å². The van der Waals surface area contributed by atoms with Crippen LogP contribution < -0.4 is 9.64 Å². The minimum atomic E-state index is 0.600. The molecule has 0 spiro atoms. The number of allylic oxidation sites excluding steroid dienone is 1. The minimum absolute atomic E-state index is 0.600. The van der Waals surface area contributed by atoms with E-state index in [0.717, 1.165) is 43.4 Å². The van der Waals surface area contributed by atoms with E-state index in [4.69, 9.17) is 9.72 Å². The van der Waals surface area contributed by atoms with Crippen molar-refractivity contribution in [2.24, 2.45) is 5.92 Å². The van der Waals surface area contributed by atoms with E-state index in [-0.39, 0.29) is 0 Å². The van der Waals surface area contributed by atoms with Gasteiger partial charge in [0.25, 0.3) is 0 Å². The van der Waals surface area contributed by atoms with E-state index in [1.54, 1.807) is 0 Å². The second-order valence-electron chi connectivity index (χ2n) is 8.82. The highest BCUT2D eigenvalue weighted by Crippen LogP contribution is 2.34. The maximum absolute atomic E-state index is 6.05. The molecule has 3 heteroatoms. The molecule has 1 aliphatic heterocycles. The Hall–Kier alpha value is -3.07. The van der Waals surface area contributed by atoms with Crippen LogP contribution in [0.25, 0.3) is 5.57 Å². The van der Waals surface area contributed by atoms with Gasteiger partial charge in [0.1, 0.15) is 18.2 Å². The summed E-state index contributed by atoms with van der Waals surface area (Å²) < 4.78 is 6.05. The SMILES string of the molecule is CC1CCN(c2ccc(C3=CCCc4cc(OCc5ccccc5)ccc43)cn2)CC1. The average molecular weight is 411 g/mol. The van der Waals surface area contributed by atoms with Crippen LogP contribution in [0.4, 0.5) is 5.82 Å². The van der Waals surface area contributed by atoms with E-state index in [2.05, 4.69) is 60.4 Å². The van der Waals surface area contributed by atoms with Crippen molar-refractivity contribution in [1.82, 2.24) is 4.98 Å². The Morgan fingerprint density at radius 2 is 1.84 bits per heavy atom. The van der Waals surface area contributed by atoms with E-state index in [9.17, 15) is 0 Å². The normalized spacial score (nSPS) is 16.5. The number of ether oxygens (including phenoxy) is 1. The zero-order valence-electron chi connectivity index (χ0n) is 18.3. The Labute approximate surface area is 185 Å². The quantitative estimate of drug-likeness (QED) is 0.495. The Morgan fingerprint density at radius 1 is 1.00 bits per heavy atom. The number of aryl methyl sites for hydroxylation is 1. The number of nitrogens with zero attached hydrogens (tertiary/aromatic N) is 2. The first-order chi connectivity index (χ1) is 15.3. The van der Waals surface area contributed by atoms with Gasteiger partial charge in [-0.05, 0) is 78.1 Å². The van der Waals surface area contributed by atoms with E-state index < -0.39 is 0 Å². The molecule has 3 nitrogen and oxygen atoms in total. The van der Waals surface area contributed by atoms with Gasteiger partial charge in [-0.1, -0.05) is 49.4 Å². The van der Waals surface area contributed by atoms with Gasteiger partial charge in [0.2, 0.25) is 0 Å². The zero-order valence-corrected chi connectivity index (χ0v) is 18.3. The summed E-state index contributed by atoms with van der Waals surface area (Å²) in [6.07, 6.45) is 9.03. The van der Waals surface area contributed by atoms with Crippen LogP contribution in [0.15, 0.2) is 72.9 Å². The van der Waals surface area contributed by atoms with Gasteiger partial charge in [-0.2, -0.15) is 0 Å². The van der Waals surface area contributed by atoms with Crippen molar-refractivity contribution in [1.29, 1.82) is 0 Å². The minimum Gasteiger partial charge on any atom is -0.489 e. The third-order valence-electron chi connectivity index (χ3n) is 6.54. The maximum Gasteiger partial charge on any atom is 0.128 e. The van der Waals surface area contributed by atoms with E-state index >= 15 is 0 Å². The summed E-state index contributed by atoms with van der Waals surface area (Å²) in [5.74, 6) is 2.88. The molecule has 0 atom stereocenters. The van der Waals surface area contributed by atoms with Crippen LogP contribution in [0.5, 0.6) is 5.75 Å². The largest absolute Gasteiger partial charge is 0.489 e. The summed E-state index contributed by atoms with van der Waals surface area (Å²) in [5, 5.41) is 0. The summed E-state index contributed by atoms with van der Waals surface area (Å²) in [5.41, 5.74) is 6.35. The van der Waals surface area contributed by atoms with Crippen molar-refractivity contribution < 1.29 is 4.74 Å². The molecule has 3 aromatic rings. The number of piperidine rings is 1. The summed E-state index contributed by atoms with van der Waals surface area (Å²) in [6.45, 7) is 5.18. The molecule has 0 N–H and O–H groups in total. The van der Waals surface area contributed by atoms with Crippen LogP contribution in [-0.4, -0.2) is 18.1 Å². The topological polar surface area (TPSA) is 25.4 Å². The summed E-state index contributed by atoms with van der Waals surface area (Å²) >= 11 is 0. The van der Waals surface area contributed by atoms with Crippen LogP contribution in [0, 0.1) is 5.92 Å². The van der Waals surface area contributed by atoms with Crippen LogP contribution in [0.1, 0.15) is 48.4 Å². The van der Waals surface area contributed by atoms with E-state index in [1.807, 2.05) is 24.4 Å². The molecule has 158 valence electrons. The second kappa shape index (κ2) is 8.97. The van der Waals surface area contributed by atoms with Gasteiger partial charge in [-0.25, -0.2) is 4.98 Å². The lowest BCUT2D eigenvalue weighted by Crippen LogP contribution is -2.33. The highest BCUT2D eigenvalue weighted by atomic mass is 16.5. The van der Waals surface area contributed by atoms with Crippen molar-refractivity contribution in [3.8, 4) is 5.75 Å². The molecule has 31 heavy (non-hydrogen) atoms. The van der Waals surface area contributed by atoms with Crippen molar-refractivity contribution in [2.45, 2.75) is 39.2 Å². The zero-order chi connectivity index (χ0) is 21.0. The predicted octanol–water partition coefficient (Wildman–Crippen LogP) is 6.27. The van der Waals surface area contributed by atoms with Crippen LogP contribution >= 0.6 is 0 Å². The molecule has 0 saturated carbocycles. The molecule has 1 aromatic heterocycles.